The maximum Gasteiger partial charge on any atom is 4.00 e. The monoisotopic (exact) mass is 357 g/mol. The van der Waals surface area contributed by atoms with Gasteiger partial charge in [-0.1, -0.05) is 0 Å². The van der Waals surface area contributed by atoms with Gasteiger partial charge in [-0.3, -0.25) is 0 Å². The minimum absolute atomic E-state index is 0. The van der Waals surface area contributed by atoms with Crippen molar-refractivity contribution in [3.8, 4) is 0 Å². The van der Waals surface area contributed by atoms with E-state index in [0.29, 0.717) is 0 Å². The van der Waals surface area contributed by atoms with Gasteiger partial charge in [-0.15, -0.1) is 0 Å². The van der Waals surface area contributed by atoms with Crippen LogP contribution in [0.5, 0.6) is 0 Å². The van der Waals surface area contributed by atoms with Crippen LogP contribution in [0.1, 0.15) is 0 Å². The molecular formula is C8H17F2GeN3Zr. The maximum atomic E-state index is 11.8. The van der Waals surface area contributed by atoms with E-state index < -0.39 is 15.3 Å². The van der Waals surface area contributed by atoms with Crippen molar-refractivity contribution in [2.75, 3.05) is 21.1 Å². The van der Waals surface area contributed by atoms with Crippen molar-refractivity contribution in [2.45, 2.75) is 0 Å². The zero-order chi connectivity index (χ0) is 12.0. The quantitative estimate of drug-likeness (QED) is 0.548. The molecule has 0 bridgehead atoms. The molecule has 0 aliphatic carbocycles. The fourth-order valence-corrected chi connectivity index (χ4v) is 1.61. The van der Waals surface area contributed by atoms with Crippen molar-refractivity contribution in [3.05, 3.63) is 41.5 Å². The van der Waals surface area contributed by atoms with E-state index in [1.54, 1.807) is 12.1 Å². The third kappa shape index (κ3) is 17.1. The van der Waals surface area contributed by atoms with E-state index in [2.05, 4.69) is 0 Å². The molecule has 0 unspecified atom stereocenters. The van der Waals surface area contributed by atoms with E-state index in [4.69, 9.17) is 17.2 Å². The normalized spacial score (nSPS) is 6.73. The van der Waals surface area contributed by atoms with Crippen LogP contribution in [0.2, 0.25) is 0 Å². The smallest absolute Gasteiger partial charge is 4.00 e. The molecular weight excluding hydrogens is 340 g/mol. The summed E-state index contributed by atoms with van der Waals surface area (Å²) in [7, 11) is 3.75. The Morgan fingerprint density at radius 3 is 1.27 bits per heavy atom. The van der Waals surface area contributed by atoms with Gasteiger partial charge in [0, 0.05) is 0 Å². The third-order valence-electron chi connectivity index (χ3n) is 0.940. The second-order valence-electron chi connectivity index (χ2n) is 1.52. The molecule has 3 N–H and O–H groups in total. The van der Waals surface area contributed by atoms with Gasteiger partial charge in [0.2, 0.25) is 0 Å². The summed E-state index contributed by atoms with van der Waals surface area (Å²) in [6, 6.07) is 6.27. The second kappa shape index (κ2) is 24.0. The summed E-state index contributed by atoms with van der Waals surface area (Å²) in [5, 5.41) is 0. The first-order chi connectivity index (χ1) is 6.80. The van der Waals surface area contributed by atoms with Gasteiger partial charge in [0.05, 0.1) is 0 Å². The molecule has 86 valence electrons. The largest absolute Gasteiger partial charge is 4.00 e. The Morgan fingerprint density at radius 2 is 1.13 bits per heavy atom. The Hall–Kier alpha value is 0.516. The molecule has 7 heteroatoms. The predicted octanol–water partition coefficient (Wildman–Crippen LogP) is 2.77. The van der Waals surface area contributed by atoms with Crippen LogP contribution < -0.4 is 4.40 Å². The van der Waals surface area contributed by atoms with E-state index in [1.807, 2.05) is 0 Å². The van der Waals surface area contributed by atoms with Gasteiger partial charge in [-0.25, -0.2) is 0 Å². The first-order valence-corrected chi connectivity index (χ1v) is 6.85. The van der Waals surface area contributed by atoms with Crippen molar-refractivity contribution < 1.29 is 33.2 Å². The van der Waals surface area contributed by atoms with Gasteiger partial charge in [0.15, 0.2) is 0 Å². The fourth-order valence-electron chi connectivity index (χ4n) is 0.534. The van der Waals surface area contributed by atoms with Crippen molar-refractivity contribution in [3.63, 3.8) is 0 Å². The van der Waals surface area contributed by atoms with Crippen LogP contribution in [0.4, 0.5) is 7.00 Å². The van der Waals surface area contributed by atoms with Gasteiger partial charge in [-0.05, 0) is 0 Å². The van der Waals surface area contributed by atoms with Gasteiger partial charge in [0.25, 0.3) is 0 Å². The Balaban J connectivity index is -0.0000000755. The molecule has 0 atom stereocenters. The topological polar surface area (TPSA) is 71.4 Å². The van der Waals surface area contributed by atoms with E-state index in [0.717, 1.165) is 0 Å². The van der Waals surface area contributed by atoms with Crippen LogP contribution in [0.3, 0.4) is 0 Å². The molecule has 0 saturated heterocycles. The van der Waals surface area contributed by atoms with Crippen LogP contribution >= 0.6 is 0 Å². The Bertz CT molecular complexity index is 163. The van der Waals surface area contributed by atoms with E-state index in [9.17, 15) is 7.00 Å². The predicted molar refractivity (Wildman–Crippen MR) is 61.8 cm³/mol. The molecule has 3 nitrogen and oxygen atoms in total. The average molecular weight is 357 g/mol. The molecule has 0 amide bonds. The second-order valence-corrected chi connectivity index (χ2v) is 4.18. The summed E-state index contributed by atoms with van der Waals surface area (Å²) in [5.41, 5.74) is 17.2. The van der Waals surface area contributed by atoms with E-state index in [-0.39, 0.29) is 30.6 Å². The Labute approximate surface area is 115 Å². The van der Waals surface area contributed by atoms with Crippen LogP contribution in [-0.4, -0.2) is 36.4 Å². The number of halogens is 2. The fraction of sp³-hybridized carbons (Fsp3) is 0.375. The molecule has 0 aromatic heterocycles. The third-order valence-corrected chi connectivity index (χ3v) is 2.81. The summed E-state index contributed by atoms with van der Waals surface area (Å²) in [4.78, 5) is 0. The summed E-state index contributed by atoms with van der Waals surface area (Å²) in [6.07, 6.45) is 0. The molecule has 1 rings (SSSR count). The summed E-state index contributed by atoms with van der Waals surface area (Å²) in [5.74, 6) is 0. The standard InChI is InChI=1S/C5H5F2Ge.3CH4N.Zr/c6-8(7)5-3-1-2-4-5;3*1-2;/h1-4,8H;3*2H,1H3;/q4*-1;+4. The zero-order valence-corrected chi connectivity index (χ0v) is 14.0. The van der Waals surface area contributed by atoms with Gasteiger partial charge in [0.1, 0.15) is 0 Å². The minimum atomic E-state index is -3.89. The van der Waals surface area contributed by atoms with E-state index >= 15 is 0 Å². The molecule has 0 radical (unpaired) electrons. The summed E-state index contributed by atoms with van der Waals surface area (Å²) >= 11 is -3.89. The summed E-state index contributed by atoms with van der Waals surface area (Å²) in [6.45, 7) is 0. The average Bonchev–Trinajstić information content (AvgIpc) is 2.80. The van der Waals surface area contributed by atoms with E-state index in [1.165, 1.54) is 33.3 Å². The number of hydrogen-bond acceptors (Lipinski definition) is 0. The van der Waals surface area contributed by atoms with Crippen molar-refractivity contribution in [1.82, 2.24) is 0 Å². The molecule has 0 spiro atoms. The number of hydrogen-bond donors (Lipinski definition) is 0. The number of rotatable bonds is 1. The van der Waals surface area contributed by atoms with Gasteiger partial charge >= 0.3 is 77.1 Å². The van der Waals surface area contributed by atoms with Crippen LogP contribution in [-0.2, 0) is 26.2 Å². The maximum absolute atomic E-state index is 11.8. The van der Waals surface area contributed by atoms with Crippen molar-refractivity contribution >= 4 is 19.7 Å². The molecule has 0 heterocycles. The Kier molecular flexibility index (Phi) is 39.4. The van der Waals surface area contributed by atoms with Crippen LogP contribution in [0.15, 0.2) is 24.3 Å². The minimum Gasteiger partial charge on any atom is 4.00 e. The first kappa shape index (κ1) is 24.7. The molecule has 0 fully saturated rings. The molecule has 15 heavy (non-hydrogen) atoms. The molecule has 0 saturated carbocycles. The zero-order valence-electron chi connectivity index (χ0n) is 9.14. The SMILES string of the molecule is C[NH-].C[NH-].C[NH-].[F][GeH]([F])[c-]1cccc1.[Zr+4]. The molecule has 0 aliphatic rings. The Morgan fingerprint density at radius 1 is 0.867 bits per heavy atom. The molecule has 0 aliphatic heterocycles. The van der Waals surface area contributed by atoms with Gasteiger partial charge < -0.3 is 17.2 Å². The van der Waals surface area contributed by atoms with Gasteiger partial charge in [-0.2, -0.15) is 21.1 Å². The number of nitrogens with one attached hydrogen (secondary N) is 3. The summed E-state index contributed by atoms with van der Waals surface area (Å²) < 4.78 is 23.9. The molecule has 1 aromatic carbocycles. The van der Waals surface area contributed by atoms with Crippen molar-refractivity contribution in [1.29, 1.82) is 0 Å². The van der Waals surface area contributed by atoms with Crippen LogP contribution in [0, 0.1) is 0 Å². The van der Waals surface area contributed by atoms with Crippen LogP contribution in [0.25, 0.3) is 17.2 Å². The first-order valence-electron chi connectivity index (χ1n) is 3.80. The molecule has 1 aromatic rings. The van der Waals surface area contributed by atoms with Crippen molar-refractivity contribution in [2.24, 2.45) is 0 Å².